The van der Waals surface area contributed by atoms with Crippen LogP contribution in [0.15, 0.2) is 35.7 Å². The number of β-amino-alcohol motifs (C(OH)–C–C–N with tert-alkyl or cyclic N) is 1. The molecule has 0 saturated carbocycles. The van der Waals surface area contributed by atoms with Crippen molar-refractivity contribution >= 4 is 11.3 Å². The second kappa shape index (κ2) is 6.04. The molecule has 1 N–H and O–H groups in total. The van der Waals surface area contributed by atoms with Gasteiger partial charge in [0, 0.05) is 24.0 Å². The van der Waals surface area contributed by atoms with Crippen LogP contribution in [0.4, 0.5) is 0 Å². The van der Waals surface area contributed by atoms with E-state index in [2.05, 4.69) is 29.3 Å². The normalized spacial score (nSPS) is 23.9. The fourth-order valence-corrected chi connectivity index (χ4v) is 3.40. The summed E-state index contributed by atoms with van der Waals surface area (Å²) in [4.78, 5) is 7.01. The van der Waals surface area contributed by atoms with Gasteiger partial charge in [0.2, 0.25) is 0 Å². The number of nitrogens with zero attached hydrogens (tertiary/aromatic N) is 2. The van der Waals surface area contributed by atoms with E-state index in [4.69, 9.17) is 4.98 Å². The molecule has 1 saturated heterocycles. The molecule has 0 spiro atoms. The largest absolute Gasteiger partial charge is 0.392 e. The van der Waals surface area contributed by atoms with Crippen molar-refractivity contribution in [2.45, 2.75) is 26.0 Å². The van der Waals surface area contributed by atoms with Crippen molar-refractivity contribution in [1.29, 1.82) is 0 Å². The molecule has 2 atom stereocenters. The first-order valence-electron chi connectivity index (χ1n) is 7.12. The lowest BCUT2D eigenvalue weighted by atomic mass is 9.96. The lowest BCUT2D eigenvalue weighted by Gasteiger charge is -2.33. The Morgan fingerprint density at radius 1 is 1.35 bits per heavy atom. The Morgan fingerprint density at radius 2 is 2.15 bits per heavy atom. The summed E-state index contributed by atoms with van der Waals surface area (Å²) in [5.41, 5.74) is 2.28. The van der Waals surface area contributed by atoms with Gasteiger partial charge in [-0.3, -0.25) is 4.90 Å². The quantitative estimate of drug-likeness (QED) is 0.943. The zero-order valence-electron chi connectivity index (χ0n) is 11.7. The van der Waals surface area contributed by atoms with E-state index in [1.807, 2.05) is 18.2 Å². The third-order valence-electron chi connectivity index (χ3n) is 3.96. The van der Waals surface area contributed by atoms with E-state index in [1.165, 1.54) is 5.56 Å². The number of aliphatic hydroxyl groups is 1. The molecule has 4 heteroatoms. The van der Waals surface area contributed by atoms with Crippen molar-refractivity contribution in [2.75, 3.05) is 13.1 Å². The molecule has 1 aliphatic heterocycles. The molecule has 20 heavy (non-hydrogen) atoms. The van der Waals surface area contributed by atoms with Gasteiger partial charge in [0.25, 0.3) is 0 Å². The number of hydrogen-bond acceptors (Lipinski definition) is 4. The summed E-state index contributed by atoms with van der Waals surface area (Å²) in [6, 6.07) is 10.3. The van der Waals surface area contributed by atoms with E-state index in [0.717, 1.165) is 36.8 Å². The van der Waals surface area contributed by atoms with Crippen LogP contribution >= 0.6 is 11.3 Å². The van der Waals surface area contributed by atoms with Gasteiger partial charge in [0.1, 0.15) is 5.01 Å². The molecule has 0 radical (unpaired) electrons. The monoisotopic (exact) mass is 288 g/mol. The van der Waals surface area contributed by atoms with E-state index < -0.39 is 0 Å². The maximum absolute atomic E-state index is 9.95. The number of hydrogen-bond donors (Lipinski definition) is 1. The summed E-state index contributed by atoms with van der Waals surface area (Å²) in [5, 5.41) is 13.2. The second-order valence-corrected chi connectivity index (χ2v) is 6.44. The first-order chi connectivity index (χ1) is 9.72. The Hall–Kier alpha value is -1.23. The number of thiazole rings is 1. The Labute approximate surface area is 123 Å². The maximum Gasteiger partial charge on any atom is 0.123 e. The number of rotatable bonds is 3. The molecule has 0 amide bonds. The molecule has 2 heterocycles. The van der Waals surface area contributed by atoms with Crippen LogP contribution in [0.25, 0.3) is 10.6 Å². The summed E-state index contributed by atoms with van der Waals surface area (Å²) in [6.07, 6.45) is 0.868. The van der Waals surface area contributed by atoms with Gasteiger partial charge in [0.15, 0.2) is 0 Å². The summed E-state index contributed by atoms with van der Waals surface area (Å²) in [5.74, 6) is 0.418. The van der Waals surface area contributed by atoms with E-state index in [0.29, 0.717) is 5.92 Å². The lowest BCUT2D eigenvalue weighted by molar-refractivity contribution is 0.0255. The van der Waals surface area contributed by atoms with Crippen molar-refractivity contribution in [1.82, 2.24) is 9.88 Å². The minimum Gasteiger partial charge on any atom is -0.392 e. The van der Waals surface area contributed by atoms with Gasteiger partial charge in [-0.2, -0.15) is 0 Å². The highest BCUT2D eigenvalue weighted by Gasteiger charge is 2.24. The molecule has 2 aromatic rings. The lowest BCUT2D eigenvalue weighted by Crippen LogP contribution is -2.42. The zero-order valence-corrected chi connectivity index (χ0v) is 12.5. The van der Waals surface area contributed by atoms with Gasteiger partial charge in [-0.25, -0.2) is 4.98 Å². The molecule has 1 aliphatic rings. The molecule has 1 aromatic heterocycles. The van der Waals surface area contributed by atoms with Crippen LogP contribution in [0.5, 0.6) is 0 Å². The van der Waals surface area contributed by atoms with Gasteiger partial charge in [-0.1, -0.05) is 37.3 Å². The molecule has 3 rings (SSSR count). The third-order valence-corrected chi connectivity index (χ3v) is 4.90. The number of piperidine rings is 1. The summed E-state index contributed by atoms with van der Waals surface area (Å²) in [7, 11) is 0. The number of likely N-dealkylation sites (tertiary alicyclic amines) is 1. The van der Waals surface area contributed by atoms with Gasteiger partial charge in [-0.05, 0) is 18.9 Å². The molecule has 2 unspecified atom stereocenters. The van der Waals surface area contributed by atoms with E-state index in [9.17, 15) is 5.11 Å². The van der Waals surface area contributed by atoms with E-state index >= 15 is 0 Å². The smallest absolute Gasteiger partial charge is 0.123 e. The molecule has 0 bridgehead atoms. The summed E-state index contributed by atoms with van der Waals surface area (Å²) < 4.78 is 0. The minimum atomic E-state index is -0.198. The number of benzene rings is 1. The molecule has 1 aromatic carbocycles. The number of aliphatic hydroxyl groups excluding tert-OH is 1. The number of aromatic nitrogens is 1. The highest BCUT2D eigenvalue weighted by atomic mass is 32.1. The Bertz CT molecular complexity index is 555. The van der Waals surface area contributed by atoms with Crippen LogP contribution in [0.1, 0.15) is 19.0 Å². The van der Waals surface area contributed by atoms with Crippen LogP contribution in [-0.2, 0) is 6.54 Å². The van der Waals surface area contributed by atoms with Crippen molar-refractivity contribution < 1.29 is 5.11 Å². The Balaban J connectivity index is 1.66. The van der Waals surface area contributed by atoms with Gasteiger partial charge in [-0.15, -0.1) is 11.3 Å². The fourth-order valence-electron chi connectivity index (χ4n) is 2.58. The second-order valence-electron chi connectivity index (χ2n) is 5.58. The fraction of sp³-hybridized carbons (Fsp3) is 0.438. The molecular formula is C16H20N2OS. The van der Waals surface area contributed by atoms with Crippen LogP contribution in [-0.4, -0.2) is 34.2 Å². The summed E-state index contributed by atoms with van der Waals surface area (Å²) in [6.45, 7) is 4.78. The maximum atomic E-state index is 9.95. The molecule has 0 aliphatic carbocycles. The van der Waals surface area contributed by atoms with Crippen molar-refractivity contribution in [2.24, 2.45) is 5.92 Å². The minimum absolute atomic E-state index is 0.198. The molecule has 106 valence electrons. The molecular weight excluding hydrogens is 268 g/mol. The van der Waals surface area contributed by atoms with Crippen molar-refractivity contribution in [3.63, 3.8) is 0 Å². The van der Waals surface area contributed by atoms with Crippen molar-refractivity contribution in [3.05, 3.63) is 41.4 Å². The first kappa shape index (κ1) is 13.7. The SMILES string of the molecule is CC1CCN(Cc2csc(-c3ccccc3)n2)CC1O. The van der Waals surface area contributed by atoms with E-state index in [-0.39, 0.29) is 6.10 Å². The van der Waals surface area contributed by atoms with Gasteiger partial charge in [0.05, 0.1) is 11.8 Å². The zero-order chi connectivity index (χ0) is 13.9. The predicted octanol–water partition coefficient (Wildman–Crippen LogP) is 3.01. The van der Waals surface area contributed by atoms with Crippen molar-refractivity contribution in [3.8, 4) is 10.6 Å². The average Bonchev–Trinajstić information content (AvgIpc) is 2.92. The average molecular weight is 288 g/mol. The van der Waals surface area contributed by atoms with Crippen LogP contribution in [0, 0.1) is 5.92 Å². The third kappa shape index (κ3) is 3.08. The van der Waals surface area contributed by atoms with Gasteiger partial charge >= 0.3 is 0 Å². The Kier molecular flexibility index (Phi) is 4.15. The van der Waals surface area contributed by atoms with Gasteiger partial charge < -0.3 is 5.11 Å². The highest BCUT2D eigenvalue weighted by Crippen LogP contribution is 2.25. The molecule has 1 fully saturated rings. The Morgan fingerprint density at radius 3 is 2.90 bits per heavy atom. The molecule has 3 nitrogen and oxygen atoms in total. The topological polar surface area (TPSA) is 36.4 Å². The van der Waals surface area contributed by atoms with E-state index in [1.54, 1.807) is 11.3 Å². The van der Waals surface area contributed by atoms with Crippen LogP contribution < -0.4 is 0 Å². The van der Waals surface area contributed by atoms with Crippen LogP contribution in [0.2, 0.25) is 0 Å². The standard InChI is InChI=1S/C16H20N2OS/c1-12-7-8-18(10-15(12)19)9-14-11-20-16(17-14)13-5-3-2-4-6-13/h2-6,11-12,15,19H,7-10H2,1H3. The predicted molar refractivity (Wildman–Crippen MR) is 82.6 cm³/mol. The summed E-state index contributed by atoms with van der Waals surface area (Å²) >= 11 is 1.69. The first-order valence-corrected chi connectivity index (χ1v) is 8.00. The van der Waals surface area contributed by atoms with Crippen LogP contribution in [0.3, 0.4) is 0 Å². The highest BCUT2D eigenvalue weighted by molar-refractivity contribution is 7.13.